The lowest BCUT2D eigenvalue weighted by molar-refractivity contribution is -0.696. The van der Waals surface area contributed by atoms with Gasteiger partial charge in [0.2, 0.25) is 0 Å². The van der Waals surface area contributed by atoms with Gasteiger partial charge in [0.15, 0.2) is 12.4 Å². The average molecular weight is 333 g/mol. The molecule has 0 saturated heterocycles. The van der Waals surface area contributed by atoms with Gasteiger partial charge in [-0.25, -0.2) is 13.0 Å². The van der Waals surface area contributed by atoms with Gasteiger partial charge in [-0.2, -0.15) is 0 Å². The molecule has 0 spiro atoms. The van der Waals surface area contributed by atoms with Gasteiger partial charge in [0.25, 0.3) is 0 Å². The molecule has 0 radical (unpaired) electrons. The fourth-order valence-electron chi connectivity index (χ4n) is 2.06. The van der Waals surface area contributed by atoms with Crippen LogP contribution in [-0.2, 0) is 16.7 Å². The Morgan fingerprint density at radius 3 is 2.13 bits per heavy atom. The van der Waals surface area contributed by atoms with Crippen LogP contribution in [0.3, 0.4) is 0 Å². The molecule has 0 N–H and O–H groups in total. The minimum Gasteiger partial charge on any atom is -0.748 e. The molecule has 1 aromatic carbocycles. The van der Waals surface area contributed by atoms with Gasteiger partial charge in [-0.3, -0.25) is 0 Å². The maximum absolute atomic E-state index is 10.6. The Labute approximate surface area is 136 Å². The topological polar surface area (TPSA) is 70.3 Å². The van der Waals surface area contributed by atoms with E-state index in [4.69, 9.17) is 4.74 Å². The Balaban J connectivity index is 1.92. The zero-order valence-corrected chi connectivity index (χ0v) is 13.7. The molecule has 2 aromatic rings. The maximum Gasteiger partial charge on any atom is 0.169 e. The molecular formula is C17H19NO4S. The highest BCUT2D eigenvalue weighted by molar-refractivity contribution is 7.85. The Morgan fingerprint density at radius 1 is 1.04 bits per heavy atom. The highest BCUT2D eigenvalue weighted by Gasteiger charge is 2.02. The molecule has 1 aromatic heterocycles. The van der Waals surface area contributed by atoms with Crippen LogP contribution in [0.4, 0.5) is 0 Å². The van der Waals surface area contributed by atoms with E-state index in [-0.39, 0.29) is 5.75 Å². The Morgan fingerprint density at radius 2 is 1.61 bits per heavy atom. The summed E-state index contributed by atoms with van der Waals surface area (Å²) in [6.45, 7) is 0.504. The van der Waals surface area contributed by atoms with E-state index in [1.807, 2.05) is 65.5 Å². The number of hydrogen-bond acceptors (Lipinski definition) is 4. The molecule has 2 rings (SSSR count). The smallest absolute Gasteiger partial charge is 0.169 e. The van der Waals surface area contributed by atoms with Crippen molar-refractivity contribution in [3.8, 4) is 5.75 Å². The van der Waals surface area contributed by atoms with Gasteiger partial charge in [0, 0.05) is 24.3 Å². The van der Waals surface area contributed by atoms with Crippen molar-refractivity contribution in [2.24, 2.45) is 0 Å². The number of aryl methyl sites for hydroxylation is 1. The highest BCUT2D eigenvalue weighted by Crippen LogP contribution is 2.13. The molecule has 0 saturated carbocycles. The molecule has 5 nitrogen and oxygen atoms in total. The van der Waals surface area contributed by atoms with E-state index in [1.54, 1.807) is 7.11 Å². The van der Waals surface area contributed by atoms with Crippen molar-refractivity contribution >= 4 is 22.3 Å². The number of benzene rings is 1. The molecule has 0 atom stereocenters. The average Bonchev–Trinajstić information content (AvgIpc) is 2.53. The summed E-state index contributed by atoms with van der Waals surface area (Å²) in [5.41, 5.74) is 2.11. The SMILES string of the molecule is COc1ccc(/C=C/c2cc[n+](CCCS(=O)(=O)[O-])cc2)cc1. The van der Waals surface area contributed by atoms with Crippen molar-refractivity contribution < 1.29 is 22.3 Å². The maximum atomic E-state index is 10.6. The van der Waals surface area contributed by atoms with Crippen LogP contribution in [0.5, 0.6) is 5.75 Å². The minimum absolute atomic E-state index is 0.317. The van der Waals surface area contributed by atoms with Gasteiger partial charge in [-0.15, -0.1) is 0 Å². The lowest BCUT2D eigenvalue weighted by Gasteiger charge is -2.04. The van der Waals surface area contributed by atoms with Crippen LogP contribution in [0.2, 0.25) is 0 Å². The third kappa shape index (κ3) is 6.22. The number of hydrogen-bond donors (Lipinski definition) is 0. The lowest BCUT2D eigenvalue weighted by atomic mass is 10.1. The second-order valence-electron chi connectivity index (χ2n) is 5.09. The molecule has 0 fully saturated rings. The second kappa shape index (κ2) is 7.89. The molecule has 1 heterocycles. The van der Waals surface area contributed by atoms with Crippen molar-refractivity contribution in [3.05, 3.63) is 59.9 Å². The molecule has 0 aliphatic carbocycles. The Hall–Kier alpha value is -2.18. The summed E-state index contributed by atoms with van der Waals surface area (Å²) >= 11 is 0. The molecular weight excluding hydrogens is 314 g/mol. The molecule has 0 unspecified atom stereocenters. The fourth-order valence-corrected chi connectivity index (χ4v) is 2.54. The highest BCUT2D eigenvalue weighted by atomic mass is 32.2. The molecule has 0 amide bonds. The van der Waals surface area contributed by atoms with Gasteiger partial charge in [0.05, 0.1) is 17.2 Å². The molecule has 122 valence electrons. The first-order valence-electron chi connectivity index (χ1n) is 7.21. The Kier molecular flexibility index (Phi) is 5.90. The third-order valence-corrected chi connectivity index (χ3v) is 4.10. The predicted octanol–water partition coefficient (Wildman–Crippen LogP) is 2.09. The number of methoxy groups -OCH3 is 1. The van der Waals surface area contributed by atoms with Crippen LogP contribution in [0.25, 0.3) is 12.2 Å². The summed E-state index contributed by atoms with van der Waals surface area (Å²) in [5.74, 6) is 0.488. The minimum atomic E-state index is -4.13. The number of rotatable bonds is 7. The van der Waals surface area contributed by atoms with E-state index in [9.17, 15) is 13.0 Å². The van der Waals surface area contributed by atoms with Gasteiger partial charge in [-0.05, 0) is 23.3 Å². The molecule has 0 bridgehead atoms. The van der Waals surface area contributed by atoms with Crippen LogP contribution in [0.1, 0.15) is 17.5 Å². The molecule has 0 aliphatic rings. The van der Waals surface area contributed by atoms with E-state index < -0.39 is 10.1 Å². The van der Waals surface area contributed by atoms with E-state index >= 15 is 0 Å². The molecule has 6 heteroatoms. The predicted molar refractivity (Wildman–Crippen MR) is 87.7 cm³/mol. The van der Waals surface area contributed by atoms with Crippen molar-refractivity contribution in [2.45, 2.75) is 13.0 Å². The standard InChI is InChI=1S/C17H19NO4S/c1-22-17-7-5-15(6-8-17)3-4-16-9-12-18(13-10-16)11-2-14-23(19,20)21/h3-10,12-13H,2,11,14H2,1H3/b4-3+. The van der Waals surface area contributed by atoms with Gasteiger partial charge >= 0.3 is 0 Å². The van der Waals surface area contributed by atoms with Crippen LogP contribution in [0, 0.1) is 0 Å². The van der Waals surface area contributed by atoms with E-state index in [2.05, 4.69) is 0 Å². The van der Waals surface area contributed by atoms with Crippen LogP contribution in [0.15, 0.2) is 48.8 Å². The van der Waals surface area contributed by atoms with Crippen LogP contribution >= 0.6 is 0 Å². The number of pyridine rings is 1. The first-order valence-corrected chi connectivity index (χ1v) is 8.79. The quantitative estimate of drug-likeness (QED) is 0.575. The summed E-state index contributed by atoms with van der Waals surface area (Å²) < 4.78 is 38.6. The summed E-state index contributed by atoms with van der Waals surface area (Å²) in [6, 6.07) is 11.6. The van der Waals surface area contributed by atoms with Crippen LogP contribution in [-0.4, -0.2) is 25.8 Å². The first-order chi connectivity index (χ1) is 11.0. The largest absolute Gasteiger partial charge is 0.748 e. The number of nitrogens with zero attached hydrogens (tertiary/aromatic N) is 1. The van der Waals surface area contributed by atoms with Crippen molar-refractivity contribution in [1.82, 2.24) is 0 Å². The lowest BCUT2D eigenvalue weighted by Crippen LogP contribution is -2.33. The van der Waals surface area contributed by atoms with Gasteiger partial charge < -0.3 is 9.29 Å². The third-order valence-electron chi connectivity index (χ3n) is 3.31. The zero-order valence-electron chi connectivity index (χ0n) is 12.9. The molecule has 23 heavy (non-hydrogen) atoms. The number of ether oxygens (including phenoxy) is 1. The first kappa shape index (κ1) is 17.2. The van der Waals surface area contributed by atoms with Crippen molar-refractivity contribution in [2.75, 3.05) is 12.9 Å². The van der Waals surface area contributed by atoms with Crippen molar-refractivity contribution in [1.29, 1.82) is 0 Å². The fraction of sp³-hybridized carbons (Fsp3) is 0.235. The molecule has 0 aliphatic heterocycles. The summed E-state index contributed by atoms with van der Waals surface area (Å²) in [6.07, 6.45) is 8.05. The summed E-state index contributed by atoms with van der Waals surface area (Å²) in [7, 11) is -2.49. The zero-order chi connectivity index (χ0) is 16.7. The van der Waals surface area contributed by atoms with Crippen molar-refractivity contribution in [3.63, 3.8) is 0 Å². The van der Waals surface area contributed by atoms with Gasteiger partial charge in [0.1, 0.15) is 12.3 Å². The van der Waals surface area contributed by atoms with Crippen LogP contribution < -0.4 is 9.30 Å². The van der Waals surface area contributed by atoms with E-state index in [0.717, 1.165) is 16.9 Å². The van der Waals surface area contributed by atoms with E-state index in [1.165, 1.54) is 0 Å². The summed E-state index contributed by atoms with van der Waals surface area (Å²) in [5, 5.41) is 0. The van der Waals surface area contributed by atoms with Gasteiger partial charge in [-0.1, -0.05) is 24.3 Å². The second-order valence-corrected chi connectivity index (χ2v) is 6.61. The normalized spacial score (nSPS) is 11.7. The Bertz CT molecular complexity index is 750. The number of aromatic nitrogens is 1. The van der Waals surface area contributed by atoms with E-state index in [0.29, 0.717) is 13.0 Å². The summed E-state index contributed by atoms with van der Waals surface area (Å²) in [4.78, 5) is 0. The monoisotopic (exact) mass is 333 g/mol.